The summed E-state index contributed by atoms with van der Waals surface area (Å²) in [6, 6.07) is 3.40. The fraction of sp³-hybridized carbons (Fsp3) is 0.667. The van der Waals surface area contributed by atoms with Gasteiger partial charge >= 0.3 is 6.18 Å². The van der Waals surface area contributed by atoms with Crippen LogP contribution >= 0.6 is 0 Å². The lowest BCUT2D eigenvalue weighted by Gasteiger charge is -2.40. The van der Waals surface area contributed by atoms with Crippen molar-refractivity contribution in [3.05, 3.63) is 29.8 Å². The van der Waals surface area contributed by atoms with Crippen LogP contribution in [-0.2, 0) is 21.0 Å². The second-order valence-corrected chi connectivity index (χ2v) is 10.8. The topological polar surface area (TPSA) is 83.7 Å². The summed E-state index contributed by atoms with van der Waals surface area (Å²) in [5.74, 6) is -0.0674. The van der Waals surface area contributed by atoms with Crippen molar-refractivity contribution < 1.29 is 26.4 Å². The summed E-state index contributed by atoms with van der Waals surface area (Å²) in [6.07, 6.45) is 0.903. The van der Waals surface area contributed by atoms with Gasteiger partial charge in [-0.2, -0.15) is 17.5 Å². The van der Waals surface area contributed by atoms with Gasteiger partial charge in [-0.25, -0.2) is 8.42 Å². The minimum Gasteiger partial charge on any atom is -0.341 e. The van der Waals surface area contributed by atoms with Crippen molar-refractivity contribution in [1.29, 1.82) is 0 Å². The quantitative estimate of drug-likeness (QED) is 0.733. The molecule has 2 aliphatic carbocycles. The van der Waals surface area contributed by atoms with Crippen LogP contribution in [0.4, 0.5) is 13.2 Å². The van der Waals surface area contributed by atoms with E-state index in [4.69, 9.17) is 5.73 Å². The average Bonchev–Trinajstić information content (AvgIpc) is 3.46. The van der Waals surface area contributed by atoms with Crippen LogP contribution < -0.4 is 5.73 Å². The zero-order valence-corrected chi connectivity index (χ0v) is 18.1. The van der Waals surface area contributed by atoms with Crippen LogP contribution in [0.15, 0.2) is 29.2 Å². The molecule has 0 bridgehead atoms. The van der Waals surface area contributed by atoms with Crippen LogP contribution in [0.5, 0.6) is 0 Å². The predicted molar refractivity (Wildman–Crippen MR) is 108 cm³/mol. The predicted octanol–water partition coefficient (Wildman–Crippen LogP) is 3.12. The third-order valence-corrected chi connectivity index (χ3v) is 8.68. The number of benzene rings is 1. The molecule has 0 atom stereocenters. The van der Waals surface area contributed by atoms with Crippen molar-refractivity contribution >= 4 is 15.9 Å². The first-order valence-corrected chi connectivity index (χ1v) is 12.3. The molecule has 2 N–H and O–H groups in total. The van der Waals surface area contributed by atoms with Crippen molar-refractivity contribution in [1.82, 2.24) is 9.21 Å². The maximum absolute atomic E-state index is 13.3. The normalized spacial score (nSPS) is 22.8. The SMILES string of the molecule is NC1(C(=O)N2CCC(N(C3CC3)S(=O)(=O)c3cccc(C(F)(F)F)c3)CC2)CCCC1. The number of rotatable bonds is 5. The van der Waals surface area contributed by atoms with E-state index in [1.54, 1.807) is 4.90 Å². The molecule has 0 aromatic heterocycles. The highest BCUT2D eigenvalue weighted by atomic mass is 32.2. The molecular weight excluding hydrogens is 431 g/mol. The van der Waals surface area contributed by atoms with E-state index in [0.717, 1.165) is 25.0 Å². The van der Waals surface area contributed by atoms with Crippen molar-refractivity contribution in [3.63, 3.8) is 0 Å². The van der Waals surface area contributed by atoms with Gasteiger partial charge in [0.2, 0.25) is 15.9 Å². The van der Waals surface area contributed by atoms with Crippen LogP contribution in [0, 0.1) is 0 Å². The Kier molecular flexibility index (Phi) is 5.85. The Morgan fingerprint density at radius 2 is 1.65 bits per heavy atom. The summed E-state index contributed by atoms with van der Waals surface area (Å²) in [5.41, 5.74) is 4.50. The number of nitrogens with two attached hydrogens (primary N) is 1. The molecule has 6 nitrogen and oxygen atoms in total. The Labute approximate surface area is 180 Å². The molecule has 10 heteroatoms. The lowest BCUT2D eigenvalue weighted by Crippen LogP contribution is -2.57. The van der Waals surface area contributed by atoms with Gasteiger partial charge in [0.05, 0.1) is 16.0 Å². The number of alkyl halides is 3. The van der Waals surface area contributed by atoms with Gasteiger partial charge in [0, 0.05) is 25.2 Å². The van der Waals surface area contributed by atoms with Crippen LogP contribution in [0.1, 0.15) is 56.9 Å². The van der Waals surface area contributed by atoms with Crippen LogP contribution in [0.25, 0.3) is 0 Å². The van der Waals surface area contributed by atoms with E-state index >= 15 is 0 Å². The van der Waals surface area contributed by atoms with Gasteiger partial charge in [-0.05, 0) is 56.7 Å². The number of hydrogen-bond donors (Lipinski definition) is 1. The molecule has 4 rings (SSSR count). The molecule has 0 radical (unpaired) electrons. The number of carbonyl (C=O) groups excluding carboxylic acids is 1. The molecule has 31 heavy (non-hydrogen) atoms. The summed E-state index contributed by atoms with van der Waals surface area (Å²) >= 11 is 0. The largest absolute Gasteiger partial charge is 0.416 e. The molecule has 1 aliphatic heterocycles. The zero-order valence-electron chi connectivity index (χ0n) is 17.3. The molecule has 172 valence electrons. The maximum Gasteiger partial charge on any atom is 0.416 e. The lowest BCUT2D eigenvalue weighted by atomic mass is 9.95. The van der Waals surface area contributed by atoms with Gasteiger partial charge in [0.15, 0.2) is 0 Å². The highest BCUT2D eigenvalue weighted by Gasteiger charge is 2.46. The van der Waals surface area contributed by atoms with E-state index in [1.165, 1.54) is 10.4 Å². The molecule has 0 unspecified atom stereocenters. The zero-order chi connectivity index (χ0) is 22.4. The molecule has 3 aliphatic rings. The first kappa shape index (κ1) is 22.5. The molecule has 1 aromatic rings. The van der Waals surface area contributed by atoms with E-state index < -0.39 is 27.3 Å². The Balaban J connectivity index is 1.51. The first-order chi connectivity index (χ1) is 14.5. The summed E-state index contributed by atoms with van der Waals surface area (Å²) in [7, 11) is -4.08. The number of halogens is 3. The fourth-order valence-corrected chi connectivity index (χ4v) is 6.81. The lowest BCUT2D eigenvalue weighted by molar-refractivity contribution is -0.138. The first-order valence-electron chi connectivity index (χ1n) is 10.8. The molecule has 3 fully saturated rings. The van der Waals surface area contributed by atoms with Gasteiger partial charge < -0.3 is 10.6 Å². The maximum atomic E-state index is 13.3. The molecule has 1 heterocycles. The minimum atomic E-state index is -4.61. The third-order valence-electron chi connectivity index (χ3n) is 6.68. The Hall–Kier alpha value is -1.65. The van der Waals surface area contributed by atoms with Crippen molar-refractivity contribution in [3.8, 4) is 0 Å². The summed E-state index contributed by atoms with van der Waals surface area (Å²) in [6.45, 7) is 0.813. The fourth-order valence-electron chi connectivity index (χ4n) is 4.83. The van der Waals surface area contributed by atoms with Gasteiger partial charge in [0.25, 0.3) is 0 Å². The highest BCUT2D eigenvalue weighted by Crippen LogP contribution is 2.39. The number of amides is 1. The third kappa shape index (κ3) is 4.47. The Bertz CT molecular complexity index is 933. The highest BCUT2D eigenvalue weighted by molar-refractivity contribution is 7.89. The van der Waals surface area contributed by atoms with Gasteiger partial charge in [0.1, 0.15) is 0 Å². The molecule has 0 spiro atoms. The second kappa shape index (κ2) is 8.04. The van der Waals surface area contributed by atoms with Crippen molar-refractivity contribution in [2.45, 2.75) is 80.1 Å². The van der Waals surface area contributed by atoms with Crippen LogP contribution in [-0.4, -0.2) is 54.2 Å². The van der Waals surface area contributed by atoms with E-state index in [1.807, 2.05) is 0 Å². The van der Waals surface area contributed by atoms with E-state index in [0.29, 0.717) is 57.7 Å². The number of likely N-dealkylation sites (tertiary alicyclic amines) is 1. The van der Waals surface area contributed by atoms with Gasteiger partial charge in [-0.3, -0.25) is 4.79 Å². The molecule has 1 saturated heterocycles. The molecular formula is C21H28F3N3O3S. The number of piperidine rings is 1. The average molecular weight is 460 g/mol. The van der Waals surface area contributed by atoms with E-state index in [9.17, 15) is 26.4 Å². The van der Waals surface area contributed by atoms with Crippen LogP contribution in [0.3, 0.4) is 0 Å². The minimum absolute atomic E-state index is 0.0674. The van der Waals surface area contributed by atoms with E-state index in [-0.39, 0.29) is 22.9 Å². The number of hydrogen-bond acceptors (Lipinski definition) is 4. The molecule has 1 amide bonds. The van der Waals surface area contributed by atoms with Gasteiger partial charge in [-0.15, -0.1) is 0 Å². The Morgan fingerprint density at radius 3 is 2.19 bits per heavy atom. The second-order valence-electron chi connectivity index (χ2n) is 8.98. The van der Waals surface area contributed by atoms with Crippen LogP contribution in [0.2, 0.25) is 0 Å². The Morgan fingerprint density at radius 1 is 1.06 bits per heavy atom. The van der Waals surface area contributed by atoms with E-state index in [2.05, 4.69) is 0 Å². The standard InChI is InChI=1S/C21H28F3N3O3S/c22-21(23,24)15-4-3-5-18(14-15)31(29,30)27(16-6-7-16)17-8-12-26(13-9-17)19(28)20(25)10-1-2-11-20/h3-5,14,16-17H,1-2,6-13,25H2. The monoisotopic (exact) mass is 459 g/mol. The smallest absolute Gasteiger partial charge is 0.341 e. The summed E-state index contributed by atoms with van der Waals surface area (Å²) in [5, 5.41) is 0. The molecule has 1 aromatic carbocycles. The summed E-state index contributed by atoms with van der Waals surface area (Å²) < 4.78 is 67.4. The number of nitrogens with zero attached hydrogens (tertiary/aromatic N) is 2. The molecule has 2 saturated carbocycles. The number of sulfonamides is 1. The van der Waals surface area contributed by atoms with Crippen molar-refractivity contribution in [2.75, 3.05) is 13.1 Å². The van der Waals surface area contributed by atoms with Crippen molar-refractivity contribution in [2.24, 2.45) is 5.73 Å². The van der Waals surface area contributed by atoms with Gasteiger partial charge in [-0.1, -0.05) is 18.9 Å². The summed E-state index contributed by atoms with van der Waals surface area (Å²) in [4.78, 5) is 14.2. The number of carbonyl (C=O) groups is 1.